The van der Waals surface area contributed by atoms with Gasteiger partial charge >= 0.3 is 5.97 Å². The van der Waals surface area contributed by atoms with Crippen LogP contribution < -0.4 is 4.74 Å². The molecule has 1 aromatic rings. The molecule has 0 aliphatic carbocycles. The molecule has 19 heavy (non-hydrogen) atoms. The standard InChI is InChI=1S/C14H17NO4/c1-10(16)19-14(9-17-2)13(8-15)11-4-6-12(18-3)7-5-11/h4-7,13-14H,9H2,1-3H3. The first kappa shape index (κ1) is 15.0. The van der Waals surface area contributed by atoms with E-state index in [0.29, 0.717) is 5.75 Å². The van der Waals surface area contributed by atoms with Crippen LogP contribution in [0.3, 0.4) is 0 Å². The Labute approximate surface area is 112 Å². The smallest absolute Gasteiger partial charge is 0.303 e. The molecule has 0 radical (unpaired) electrons. The lowest BCUT2D eigenvalue weighted by Crippen LogP contribution is -2.28. The molecule has 2 atom stereocenters. The molecule has 1 rings (SSSR count). The third kappa shape index (κ3) is 4.27. The van der Waals surface area contributed by atoms with Gasteiger partial charge in [0.05, 0.1) is 19.8 Å². The molecule has 0 saturated carbocycles. The van der Waals surface area contributed by atoms with E-state index in [9.17, 15) is 10.1 Å². The van der Waals surface area contributed by atoms with E-state index in [-0.39, 0.29) is 6.61 Å². The normalized spacial score (nSPS) is 13.2. The van der Waals surface area contributed by atoms with Crippen molar-refractivity contribution in [2.75, 3.05) is 20.8 Å². The van der Waals surface area contributed by atoms with Crippen LogP contribution in [0, 0.1) is 11.3 Å². The molecule has 0 bridgehead atoms. The van der Waals surface area contributed by atoms with Gasteiger partial charge in [-0.3, -0.25) is 4.79 Å². The van der Waals surface area contributed by atoms with Crippen LogP contribution in [-0.4, -0.2) is 32.9 Å². The van der Waals surface area contributed by atoms with Gasteiger partial charge in [-0.15, -0.1) is 0 Å². The number of benzene rings is 1. The summed E-state index contributed by atoms with van der Waals surface area (Å²) in [6.07, 6.45) is -0.624. The van der Waals surface area contributed by atoms with Crippen molar-refractivity contribution in [2.45, 2.75) is 18.9 Å². The molecule has 0 heterocycles. The molecule has 5 nitrogen and oxygen atoms in total. The van der Waals surface area contributed by atoms with Gasteiger partial charge in [-0.25, -0.2) is 0 Å². The molecule has 0 aliphatic rings. The lowest BCUT2D eigenvalue weighted by Gasteiger charge is -2.21. The monoisotopic (exact) mass is 263 g/mol. The second-order valence-electron chi connectivity index (χ2n) is 3.98. The van der Waals surface area contributed by atoms with Crippen LogP contribution in [0.25, 0.3) is 0 Å². The summed E-state index contributed by atoms with van der Waals surface area (Å²) in [6, 6.07) is 9.22. The average molecular weight is 263 g/mol. The van der Waals surface area contributed by atoms with Crippen molar-refractivity contribution in [3.63, 3.8) is 0 Å². The fraction of sp³-hybridized carbons (Fsp3) is 0.429. The van der Waals surface area contributed by atoms with E-state index in [2.05, 4.69) is 6.07 Å². The number of methoxy groups -OCH3 is 2. The van der Waals surface area contributed by atoms with Crippen LogP contribution in [0.4, 0.5) is 0 Å². The SMILES string of the molecule is COCC(OC(C)=O)C(C#N)c1ccc(OC)cc1. The van der Waals surface area contributed by atoms with Crippen LogP contribution >= 0.6 is 0 Å². The highest BCUT2D eigenvalue weighted by Gasteiger charge is 2.26. The maximum atomic E-state index is 11.1. The number of hydrogen-bond donors (Lipinski definition) is 0. The number of esters is 1. The van der Waals surface area contributed by atoms with E-state index in [0.717, 1.165) is 5.56 Å². The van der Waals surface area contributed by atoms with Crippen LogP contribution in [0.2, 0.25) is 0 Å². The summed E-state index contributed by atoms with van der Waals surface area (Å²) in [7, 11) is 3.07. The van der Waals surface area contributed by atoms with Crippen LogP contribution in [0.15, 0.2) is 24.3 Å². The number of carbonyl (C=O) groups is 1. The first-order valence-corrected chi connectivity index (χ1v) is 5.82. The van der Waals surface area contributed by atoms with Gasteiger partial charge in [0.25, 0.3) is 0 Å². The summed E-state index contributed by atoms with van der Waals surface area (Å²) in [5.74, 6) is -0.304. The summed E-state index contributed by atoms with van der Waals surface area (Å²) in [4.78, 5) is 11.1. The number of carbonyl (C=O) groups excluding carboxylic acids is 1. The summed E-state index contributed by atoms with van der Waals surface area (Å²) in [5, 5.41) is 9.29. The Morgan fingerprint density at radius 1 is 1.32 bits per heavy atom. The summed E-state index contributed by atoms with van der Waals surface area (Å²) in [6.45, 7) is 1.48. The minimum absolute atomic E-state index is 0.170. The topological polar surface area (TPSA) is 68.5 Å². The fourth-order valence-corrected chi connectivity index (χ4v) is 1.76. The molecule has 102 valence electrons. The van der Waals surface area contributed by atoms with E-state index in [1.807, 2.05) is 0 Å². The maximum absolute atomic E-state index is 11.1. The first-order valence-electron chi connectivity index (χ1n) is 5.82. The van der Waals surface area contributed by atoms with Crippen LogP contribution in [0.5, 0.6) is 5.75 Å². The van der Waals surface area contributed by atoms with E-state index in [1.54, 1.807) is 31.4 Å². The summed E-state index contributed by atoms with van der Waals surface area (Å²) >= 11 is 0. The van der Waals surface area contributed by atoms with Gasteiger partial charge in [0.15, 0.2) is 0 Å². The Balaban J connectivity index is 2.94. The molecule has 0 aromatic heterocycles. The average Bonchev–Trinajstić information content (AvgIpc) is 2.40. The predicted molar refractivity (Wildman–Crippen MR) is 68.8 cm³/mol. The second kappa shape index (κ2) is 7.39. The zero-order valence-electron chi connectivity index (χ0n) is 11.3. The third-order valence-electron chi connectivity index (χ3n) is 2.63. The minimum Gasteiger partial charge on any atom is -0.497 e. The number of ether oxygens (including phenoxy) is 3. The van der Waals surface area contributed by atoms with E-state index >= 15 is 0 Å². The fourth-order valence-electron chi connectivity index (χ4n) is 1.76. The van der Waals surface area contributed by atoms with Gasteiger partial charge in [-0.05, 0) is 17.7 Å². The van der Waals surface area contributed by atoms with Crippen molar-refractivity contribution in [2.24, 2.45) is 0 Å². The van der Waals surface area contributed by atoms with Crippen LogP contribution in [-0.2, 0) is 14.3 Å². The second-order valence-corrected chi connectivity index (χ2v) is 3.98. The van der Waals surface area contributed by atoms with Gasteiger partial charge in [0.1, 0.15) is 17.8 Å². The Kier molecular flexibility index (Phi) is 5.83. The summed E-state index contributed by atoms with van der Waals surface area (Å²) in [5.41, 5.74) is 0.756. The van der Waals surface area contributed by atoms with E-state index in [4.69, 9.17) is 14.2 Å². The summed E-state index contributed by atoms with van der Waals surface area (Å²) < 4.78 is 15.2. The molecule has 0 N–H and O–H groups in total. The largest absolute Gasteiger partial charge is 0.497 e. The Morgan fingerprint density at radius 3 is 2.37 bits per heavy atom. The molecule has 0 amide bonds. The molecule has 5 heteroatoms. The third-order valence-corrected chi connectivity index (χ3v) is 2.63. The Bertz CT molecular complexity index is 450. The Morgan fingerprint density at radius 2 is 1.95 bits per heavy atom. The van der Waals surface area contributed by atoms with Crippen molar-refractivity contribution < 1.29 is 19.0 Å². The number of nitriles is 1. The molecular weight excluding hydrogens is 246 g/mol. The zero-order valence-corrected chi connectivity index (χ0v) is 11.3. The molecule has 1 aromatic carbocycles. The first-order chi connectivity index (χ1) is 9.12. The molecule has 0 saturated heterocycles. The lowest BCUT2D eigenvalue weighted by molar-refractivity contribution is -0.149. The van der Waals surface area contributed by atoms with Crippen molar-refractivity contribution >= 4 is 5.97 Å². The number of hydrogen-bond acceptors (Lipinski definition) is 5. The van der Waals surface area contributed by atoms with E-state index < -0.39 is 18.0 Å². The van der Waals surface area contributed by atoms with Gasteiger partial charge in [-0.1, -0.05) is 12.1 Å². The van der Waals surface area contributed by atoms with Crippen LogP contribution in [0.1, 0.15) is 18.4 Å². The van der Waals surface area contributed by atoms with Crippen molar-refractivity contribution in [3.05, 3.63) is 29.8 Å². The molecule has 0 aliphatic heterocycles. The van der Waals surface area contributed by atoms with Crippen molar-refractivity contribution in [1.82, 2.24) is 0 Å². The highest BCUT2D eigenvalue weighted by atomic mass is 16.6. The van der Waals surface area contributed by atoms with Gasteiger partial charge < -0.3 is 14.2 Å². The molecular formula is C14H17NO4. The highest BCUT2D eigenvalue weighted by molar-refractivity contribution is 5.66. The molecule has 0 spiro atoms. The number of nitrogens with zero attached hydrogens (tertiary/aromatic N) is 1. The highest BCUT2D eigenvalue weighted by Crippen LogP contribution is 2.24. The maximum Gasteiger partial charge on any atom is 0.303 e. The van der Waals surface area contributed by atoms with Gasteiger partial charge in [0.2, 0.25) is 0 Å². The van der Waals surface area contributed by atoms with Crippen molar-refractivity contribution in [1.29, 1.82) is 5.26 Å². The lowest BCUT2D eigenvalue weighted by atomic mass is 9.95. The molecule has 2 unspecified atom stereocenters. The van der Waals surface area contributed by atoms with Gasteiger partial charge in [0, 0.05) is 14.0 Å². The zero-order chi connectivity index (χ0) is 14.3. The number of rotatable bonds is 6. The van der Waals surface area contributed by atoms with E-state index in [1.165, 1.54) is 14.0 Å². The van der Waals surface area contributed by atoms with Crippen molar-refractivity contribution in [3.8, 4) is 11.8 Å². The minimum atomic E-state index is -0.624. The quantitative estimate of drug-likeness (QED) is 0.733. The predicted octanol–water partition coefficient (Wildman–Crippen LogP) is 1.88. The molecule has 0 fully saturated rings. The van der Waals surface area contributed by atoms with Gasteiger partial charge in [-0.2, -0.15) is 5.26 Å². The Hall–Kier alpha value is -2.06.